The highest BCUT2D eigenvalue weighted by molar-refractivity contribution is 6.31. The first-order valence-corrected chi connectivity index (χ1v) is 8.08. The zero-order valence-corrected chi connectivity index (χ0v) is 14.9. The third-order valence-electron chi connectivity index (χ3n) is 3.87. The molecule has 0 saturated carbocycles. The zero-order chi connectivity index (χ0) is 20.6. The first-order chi connectivity index (χ1) is 13.2. The second-order valence-corrected chi connectivity index (χ2v) is 6.14. The van der Waals surface area contributed by atoms with Gasteiger partial charge in [-0.25, -0.2) is 22.0 Å². The molecule has 2 aromatic heterocycles. The summed E-state index contributed by atoms with van der Waals surface area (Å²) in [6, 6.07) is 1.30. The molecule has 3 aromatic rings. The van der Waals surface area contributed by atoms with Crippen molar-refractivity contribution in [1.29, 1.82) is 0 Å². The number of nitrogens with zero attached hydrogens (tertiary/aromatic N) is 4. The lowest BCUT2D eigenvalue weighted by Crippen LogP contribution is -2.20. The fourth-order valence-corrected chi connectivity index (χ4v) is 2.51. The Bertz CT molecular complexity index is 1040. The maximum Gasteiger partial charge on any atom is 0.247 e. The van der Waals surface area contributed by atoms with Crippen molar-refractivity contribution in [2.75, 3.05) is 5.32 Å². The van der Waals surface area contributed by atoms with Gasteiger partial charge < -0.3 is 5.32 Å². The van der Waals surface area contributed by atoms with Crippen LogP contribution in [-0.4, -0.2) is 25.5 Å². The van der Waals surface area contributed by atoms with Gasteiger partial charge in [-0.1, -0.05) is 11.6 Å². The molecule has 1 aromatic carbocycles. The highest BCUT2D eigenvalue weighted by Gasteiger charge is 2.26. The largest absolute Gasteiger partial charge is 0.308 e. The molecule has 0 unspecified atom stereocenters. The first kappa shape index (κ1) is 19.8. The summed E-state index contributed by atoms with van der Waals surface area (Å²) in [5.41, 5.74) is -0.465. The molecular weight excluding hydrogens is 409 g/mol. The second-order valence-electron chi connectivity index (χ2n) is 5.73. The summed E-state index contributed by atoms with van der Waals surface area (Å²) in [6.07, 6.45) is 2.59. The van der Waals surface area contributed by atoms with Gasteiger partial charge in [0.2, 0.25) is 11.7 Å². The molecular formula is C16H11ClF5N5O. The van der Waals surface area contributed by atoms with Gasteiger partial charge in [-0.15, -0.1) is 0 Å². The van der Waals surface area contributed by atoms with Gasteiger partial charge in [-0.3, -0.25) is 14.2 Å². The number of hydrogen-bond donors (Lipinski definition) is 1. The van der Waals surface area contributed by atoms with Crippen LogP contribution in [-0.2, 0) is 17.9 Å². The van der Waals surface area contributed by atoms with Crippen molar-refractivity contribution >= 4 is 23.3 Å². The van der Waals surface area contributed by atoms with Gasteiger partial charge in [0.05, 0.1) is 29.0 Å². The molecule has 0 fully saturated rings. The number of anilines is 1. The summed E-state index contributed by atoms with van der Waals surface area (Å²) in [5, 5.41) is 10.6. The van der Waals surface area contributed by atoms with Gasteiger partial charge in [-0.2, -0.15) is 10.2 Å². The number of carbonyl (C=O) groups is 1. The van der Waals surface area contributed by atoms with Crippen molar-refractivity contribution in [2.24, 2.45) is 0 Å². The van der Waals surface area contributed by atoms with Crippen LogP contribution in [0.4, 0.5) is 27.8 Å². The average molecular weight is 420 g/mol. The number of amides is 1. The Morgan fingerprint density at radius 3 is 2.29 bits per heavy atom. The molecule has 0 radical (unpaired) electrons. The van der Waals surface area contributed by atoms with Gasteiger partial charge in [-0.05, 0) is 6.92 Å². The predicted molar refractivity (Wildman–Crippen MR) is 88.2 cm³/mol. The molecule has 0 atom stereocenters. The Kier molecular flexibility index (Phi) is 5.36. The smallest absolute Gasteiger partial charge is 0.247 e. The van der Waals surface area contributed by atoms with Crippen molar-refractivity contribution in [2.45, 2.75) is 20.0 Å². The fourth-order valence-electron chi connectivity index (χ4n) is 2.37. The molecule has 0 aliphatic carbocycles. The monoisotopic (exact) mass is 419 g/mol. The summed E-state index contributed by atoms with van der Waals surface area (Å²) in [7, 11) is 0. The van der Waals surface area contributed by atoms with Crippen molar-refractivity contribution in [3.63, 3.8) is 0 Å². The molecule has 148 valence electrons. The summed E-state index contributed by atoms with van der Waals surface area (Å²) < 4.78 is 69.3. The van der Waals surface area contributed by atoms with E-state index in [1.54, 1.807) is 6.92 Å². The summed E-state index contributed by atoms with van der Waals surface area (Å²) in [6.45, 7) is 0.778. The van der Waals surface area contributed by atoms with Gasteiger partial charge in [0.15, 0.2) is 29.1 Å². The Hall–Kier alpha value is -2.95. The highest BCUT2D eigenvalue weighted by Crippen LogP contribution is 2.23. The number of carbonyl (C=O) groups excluding carboxylic acids is 1. The number of benzene rings is 1. The highest BCUT2D eigenvalue weighted by atomic mass is 35.5. The standard InChI is InChI=1S/C16H11ClF5N5O/c1-7-9(17)4-23-27(7)6-11(28)24-10-2-3-26(25-10)5-8-12(18)14(20)16(22)15(21)13(8)19/h2-4H,5-6H2,1H3,(H,24,25,28). The molecule has 2 heterocycles. The van der Waals surface area contributed by atoms with E-state index in [9.17, 15) is 26.7 Å². The first-order valence-electron chi connectivity index (χ1n) is 7.70. The molecule has 3 rings (SSSR count). The minimum Gasteiger partial charge on any atom is -0.308 e. The zero-order valence-electron chi connectivity index (χ0n) is 14.1. The Morgan fingerprint density at radius 1 is 1.11 bits per heavy atom. The minimum atomic E-state index is -2.24. The van der Waals surface area contributed by atoms with E-state index in [-0.39, 0.29) is 12.4 Å². The summed E-state index contributed by atoms with van der Waals surface area (Å²) in [5.74, 6) is -10.7. The minimum absolute atomic E-state index is 0.0183. The van der Waals surface area contributed by atoms with Crippen LogP contribution in [0.25, 0.3) is 0 Å². The molecule has 0 aliphatic rings. The Morgan fingerprint density at radius 2 is 1.71 bits per heavy atom. The molecule has 1 N–H and O–H groups in total. The van der Waals surface area contributed by atoms with Crippen LogP contribution < -0.4 is 5.32 Å². The van der Waals surface area contributed by atoms with E-state index in [2.05, 4.69) is 15.5 Å². The summed E-state index contributed by atoms with van der Waals surface area (Å²) in [4.78, 5) is 12.0. The maximum absolute atomic E-state index is 13.7. The van der Waals surface area contributed by atoms with Crippen LogP contribution >= 0.6 is 11.6 Å². The third kappa shape index (κ3) is 3.70. The van der Waals surface area contributed by atoms with E-state index < -0.39 is 47.1 Å². The van der Waals surface area contributed by atoms with Crippen molar-refractivity contribution in [3.05, 3.63) is 63.8 Å². The second kappa shape index (κ2) is 7.58. The third-order valence-corrected chi connectivity index (χ3v) is 4.24. The van der Waals surface area contributed by atoms with Crippen molar-refractivity contribution < 1.29 is 26.7 Å². The number of hydrogen-bond acceptors (Lipinski definition) is 3. The quantitative estimate of drug-likeness (QED) is 0.391. The number of rotatable bonds is 5. The van der Waals surface area contributed by atoms with Gasteiger partial charge in [0.1, 0.15) is 6.54 Å². The number of halogens is 6. The van der Waals surface area contributed by atoms with Gasteiger partial charge in [0, 0.05) is 12.3 Å². The van der Waals surface area contributed by atoms with E-state index in [1.165, 1.54) is 23.1 Å². The van der Waals surface area contributed by atoms with Crippen LogP contribution in [0.3, 0.4) is 0 Å². The van der Waals surface area contributed by atoms with E-state index in [4.69, 9.17) is 11.6 Å². The lowest BCUT2D eigenvalue weighted by molar-refractivity contribution is -0.117. The van der Waals surface area contributed by atoms with Crippen LogP contribution in [0, 0.1) is 36.0 Å². The molecule has 0 aliphatic heterocycles. The number of nitrogens with one attached hydrogen (secondary N) is 1. The predicted octanol–water partition coefficient (Wildman–Crippen LogP) is 3.42. The topological polar surface area (TPSA) is 64.7 Å². The van der Waals surface area contributed by atoms with Crippen LogP contribution in [0.2, 0.25) is 5.02 Å². The fraction of sp³-hybridized carbons (Fsp3) is 0.188. The molecule has 28 heavy (non-hydrogen) atoms. The van der Waals surface area contributed by atoms with Crippen LogP contribution in [0.1, 0.15) is 11.3 Å². The molecule has 0 saturated heterocycles. The maximum atomic E-state index is 13.7. The molecule has 12 heteroatoms. The molecule has 6 nitrogen and oxygen atoms in total. The van der Waals surface area contributed by atoms with Crippen LogP contribution in [0.5, 0.6) is 0 Å². The number of aromatic nitrogens is 4. The SMILES string of the molecule is Cc1c(Cl)cnn1CC(=O)Nc1ccn(Cc2c(F)c(F)c(F)c(F)c2F)n1. The van der Waals surface area contributed by atoms with Gasteiger partial charge >= 0.3 is 0 Å². The molecule has 1 amide bonds. The lowest BCUT2D eigenvalue weighted by Gasteiger charge is -2.08. The van der Waals surface area contributed by atoms with Gasteiger partial charge in [0.25, 0.3) is 0 Å². The average Bonchev–Trinajstić information content (AvgIpc) is 3.23. The Balaban J connectivity index is 1.73. The normalized spacial score (nSPS) is 11.1. The lowest BCUT2D eigenvalue weighted by atomic mass is 10.1. The molecule has 0 bridgehead atoms. The van der Waals surface area contributed by atoms with Crippen molar-refractivity contribution in [3.8, 4) is 0 Å². The van der Waals surface area contributed by atoms with E-state index >= 15 is 0 Å². The van der Waals surface area contributed by atoms with E-state index in [0.717, 1.165) is 4.68 Å². The van der Waals surface area contributed by atoms with Crippen LogP contribution in [0.15, 0.2) is 18.5 Å². The molecule has 0 spiro atoms. The van der Waals surface area contributed by atoms with Crippen molar-refractivity contribution in [1.82, 2.24) is 19.6 Å². The Labute approximate surface area is 159 Å². The van der Waals surface area contributed by atoms with E-state index in [0.29, 0.717) is 10.7 Å². The van der Waals surface area contributed by atoms with E-state index in [1.807, 2.05) is 0 Å². The summed E-state index contributed by atoms with van der Waals surface area (Å²) >= 11 is 5.84.